The number of ether oxygens (including phenoxy) is 5. The van der Waals surface area contributed by atoms with Gasteiger partial charge in [0, 0.05) is 31.5 Å². The highest BCUT2D eigenvalue weighted by atomic mass is 16.6. The fourth-order valence-electron chi connectivity index (χ4n) is 7.75. The molecule has 1 unspecified atom stereocenters. The number of benzene rings is 4. The maximum atomic E-state index is 11.8. The number of hydrogen-bond donors (Lipinski definition) is 6. The van der Waals surface area contributed by atoms with Gasteiger partial charge >= 0.3 is 11.9 Å². The van der Waals surface area contributed by atoms with E-state index in [1.54, 1.807) is 28.4 Å². The number of carbonyl (C=O) groups excluding carboxylic acids is 1. The van der Waals surface area contributed by atoms with Crippen molar-refractivity contribution in [2.24, 2.45) is 0 Å². The maximum absolute atomic E-state index is 11.8. The van der Waals surface area contributed by atoms with Crippen LogP contribution in [0.25, 0.3) is 27.6 Å². The number of nitrogens with zero attached hydrogens (tertiary/aromatic N) is 1. The maximum Gasteiger partial charge on any atom is 0.335 e. The first kappa shape index (κ1) is 38.4. The topological polar surface area (TPSA) is 205 Å². The summed E-state index contributed by atoms with van der Waals surface area (Å²) in [5.41, 5.74) is 0.900. The second-order valence-electron chi connectivity index (χ2n) is 13.8. The van der Waals surface area contributed by atoms with E-state index in [9.17, 15) is 35.1 Å². The SMILES string of the molecule is COc1cc2c3c(c4cc(OC)c(OC)cc4c2cc1OC)CN1CCCC1C3.O=C(/C=C/c1ccc(O)c(O)c1)O[C@@H]1C[C@](O)(C(=O)O)C[C@@H](O)[C@H]1O. The number of carboxylic acids is 1. The van der Waals surface area contributed by atoms with E-state index in [1.807, 2.05) is 0 Å². The molecular weight excluding hydrogens is 702 g/mol. The van der Waals surface area contributed by atoms with Crippen molar-refractivity contribution >= 4 is 39.6 Å². The van der Waals surface area contributed by atoms with Gasteiger partial charge in [-0.05, 0) is 107 Å². The lowest BCUT2D eigenvalue weighted by Gasteiger charge is -2.39. The molecule has 1 saturated carbocycles. The van der Waals surface area contributed by atoms with E-state index in [-0.39, 0.29) is 11.5 Å². The van der Waals surface area contributed by atoms with Crippen LogP contribution in [0.2, 0.25) is 0 Å². The molecule has 7 rings (SSSR count). The van der Waals surface area contributed by atoms with Crippen LogP contribution in [0.5, 0.6) is 34.5 Å². The van der Waals surface area contributed by atoms with Crippen molar-refractivity contribution in [3.63, 3.8) is 0 Å². The summed E-state index contributed by atoms with van der Waals surface area (Å²) < 4.78 is 27.4. The number of hydrogen-bond acceptors (Lipinski definition) is 13. The number of carbonyl (C=O) groups is 2. The lowest BCUT2D eigenvalue weighted by Crippen LogP contribution is -2.57. The molecule has 1 aliphatic carbocycles. The fourth-order valence-corrected chi connectivity index (χ4v) is 7.75. The Kier molecular flexibility index (Phi) is 11.1. The molecule has 0 spiro atoms. The molecule has 0 bridgehead atoms. The van der Waals surface area contributed by atoms with Crippen molar-refractivity contribution < 1.29 is 63.9 Å². The van der Waals surface area contributed by atoms with Crippen LogP contribution in [-0.4, -0.2) is 112 Å². The predicted octanol–water partition coefficient (Wildman–Crippen LogP) is 3.90. The number of aliphatic hydroxyl groups excluding tert-OH is 2. The zero-order valence-corrected chi connectivity index (χ0v) is 30.4. The summed E-state index contributed by atoms with van der Waals surface area (Å²) in [7, 11) is 6.76. The molecule has 2 aliphatic heterocycles. The van der Waals surface area contributed by atoms with Gasteiger partial charge in [0.2, 0.25) is 0 Å². The first-order valence-corrected chi connectivity index (χ1v) is 17.5. The van der Waals surface area contributed by atoms with Crippen molar-refractivity contribution in [1.82, 2.24) is 4.90 Å². The van der Waals surface area contributed by atoms with Crippen LogP contribution in [0.1, 0.15) is 42.4 Å². The monoisotopic (exact) mass is 747 g/mol. The minimum absolute atomic E-state index is 0.327. The van der Waals surface area contributed by atoms with Gasteiger partial charge in [-0.3, -0.25) is 4.90 Å². The molecule has 5 atom stereocenters. The molecule has 6 N–H and O–H groups in total. The van der Waals surface area contributed by atoms with Crippen molar-refractivity contribution in [3.8, 4) is 34.5 Å². The van der Waals surface area contributed by atoms with Crippen LogP contribution in [0.4, 0.5) is 0 Å². The summed E-state index contributed by atoms with van der Waals surface area (Å²) in [6.07, 6.45) is 0.193. The molecule has 0 radical (unpaired) electrons. The van der Waals surface area contributed by atoms with Gasteiger partial charge < -0.3 is 54.3 Å². The molecule has 3 aliphatic rings. The Morgan fingerprint density at radius 1 is 0.796 bits per heavy atom. The molecule has 288 valence electrons. The molecule has 1 saturated heterocycles. The number of aromatic hydroxyl groups is 2. The number of aliphatic hydroxyl groups is 3. The molecule has 14 heteroatoms. The number of fused-ring (bicyclic) bond motifs is 7. The van der Waals surface area contributed by atoms with Gasteiger partial charge in [0.05, 0.1) is 34.5 Å². The Bertz CT molecular complexity index is 2010. The van der Waals surface area contributed by atoms with Gasteiger partial charge in [-0.15, -0.1) is 0 Å². The largest absolute Gasteiger partial charge is 0.504 e. The normalized spacial score (nSPS) is 23.6. The molecule has 0 amide bonds. The number of methoxy groups -OCH3 is 4. The standard InChI is InChI=1S/C24H27NO4.C16H18O9/c1-26-21-9-16-15-8-14-6-5-7-25(14)13-20(15)19-12-24(29-4)23(28-3)11-18(19)17(16)10-22(21)27-2;17-9-3-1-8(5-10(9)18)2-4-13(20)25-12-7-16(24,15(22)23)6-11(19)14(12)21/h9-12,14H,5-8,13H2,1-4H3;1-5,11-12,14,17-19,21,24H,6-7H2,(H,22,23)/b;4-2+/t;11-,12-,14-,16+/m.1/s1. The van der Waals surface area contributed by atoms with Gasteiger partial charge in [0.15, 0.2) is 40.1 Å². The summed E-state index contributed by atoms with van der Waals surface area (Å²) >= 11 is 0. The third-order valence-corrected chi connectivity index (χ3v) is 10.6. The van der Waals surface area contributed by atoms with E-state index in [1.165, 1.54) is 70.9 Å². The van der Waals surface area contributed by atoms with Gasteiger partial charge in [0.25, 0.3) is 0 Å². The quantitative estimate of drug-likeness (QED) is 0.0655. The van der Waals surface area contributed by atoms with E-state index >= 15 is 0 Å². The first-order valence-electron chi connectivity index (χ1n) is 17.5. The van der Waals surface area contributed by atoms with E-state index in [0.717, 1.165) is 47.4 Å². The van der Waals surface area contributed by atoms with Crippen molar-refractivity contribution in [1.29, 1.82) is 0 Å². The van der Waals surface area contributed by atoms with E-state index in [4.69, 9.17) is 28.8 Å². The lowest BCUT2D eigenvalue weighted by molar-refractivity contribution is -0.196. The summed E-state index contributed by atoms with van der Waals surface area (Å²) in [4.78, 5) is 25.5. The van der Waals surface area contributed by atoms with Crippen LogP contribution >= 0.6 is 0 Å². The molecule has 2 fully saturated rings. The Labute approximate surface area is 311 Å². The fraction of sp³-hybridized carbons (Fsp3) is 0.400. The summed E-state index contributed by atoms with van der Waals surface area (Å²) in [5.74, 6) is -0.213. The summed E-state index contributed by atoms with van der Waals surface area (Å²) in [6, 6.07) is 12.9. The van der Waals surface area contributed by atoms with Crippen molar-refractivity contribution in [2.75, 3.05) is 35.0 Å². The smallest absolute Gasteiger partial charge is 0.335 e. The van der Waals surface area contributed by atoms with E-state index in [2.05, 4.69) is 29.2 Å². The minimum atomic E-state index is -2.31. The average molecular weight is 748 g/mol. The molecule has 0 aromatic heterocycles. The summed E-state index contributed by atoms with van der Waals surface area (Å²) in [5, 5.41) is 61.9. The Balaban J connectivity index is 0.000000187. The highest BCUT2D eigenvalue weighted by molar-refractivity contribution is 6.13. The zero-order valence-electron chi connectivity index (χ0n) is 30.4. The minimum Gasteiger partial charge on any atom is -0.504 e. The average Bonchev–Trinajstić information content (AvgIpc) is 3.63. The third kappa shape index (κ3) is 7.42. The van der Waals surface area contributed by atoms with Crippen LogP contribution in [0.15, 0.2) is 48.5 Å². The molecule has 4 aromatic carbocycles. The molecule has 4 aromatic rings. The van der Waals surface area contributed by atoms with Crippen LogP contribution in [0.3, 0.4) is 0 Å². The number of carboxylic acid groups (broad SMARTS) is 1. The van der Waals surface area contributed by atoms with Crippen molar-refractivity contribution in [2.45, 2.75) is 68.6 Å². The highest BCUT2D eigenvalue weighted by Gasteiger charge is 2.50. The lowest BCUT2D eigenvalue weighted by atomic mass is 9.79. The second kappa shape index (κ2) is 15.6. The third-order valence-electron chi connectivity index (χ3n) is 10.6. The van der Waals surface area contributed by atoms with Crippen LogP contribution < -0.4 is 18.9 Å². The Morgan fingerprint density at radius 2 is 1.37 bits per heavy atom. The zero-order chi connectivity index (χ0) is 38.9. The Morgan fingerprint density at radius 3 is 1.93 bits per heavy atom. The van der Waals surface area contributed by atoms with Gasteiger partial charge in [-0.2, -0.15) is 0 Å². The predicted molar refractivity (Wildman–Crippen MR) is 197 cm³/mol. The molecule has 14 nitrogen and oxygen atoms in total. The molecule has 54 heavy (non-hydrogen) atoms. The van der Waals surface area contributed by atoms with E-state index in [0.29, 0.717) is 11.6 Å². The van der Waals surface area contributed by atoms with Gasteiger partial charge in [-0.1, -0.05) is 6.07 Å². The molecule has 2 heterocycles. The number of esters is 1. The summed E-state index contributed by atoms with van der Waals surface area (Å²) in [6.45, 7) is 2.17. The Hall–Kier alpha value is -5.28. The van der Waals surface area contributed by atoms with Gasteiger partial charge in [-0.25, -0.2) is 9.59 Å². The van der Waals surface area contributed by atoms with Crippen molar-refractivity contribution in [3.05, 3.63) is 65.2 Å². The number of aliphatic carboxylic acids is 1. The highest BCUT2D eigenvalue weighted by Crippen LogP contribution is 2.46. The van der Waals surface area contributed by atoms with E-state index < -0.39 is 48.7 Å². The number of phenolic OH excluding ortho intramolecular Hbond substituents is 2. The number of phenols is 2. The van der Waals surface area contributed by atoms with Crippen LogP contribution in [-0.2, 0) is 27.3 Å². The first-order chi connectivity index (χ1) is 25.8. The molecular formula is C40H45NO13. The van der Waals surface area contributed by atoms with Crippen LogP contribution in [0, 0.1) is 0 Å². The number of rotatable bonds is 8. The van der Waals surface area contributed by atoms with Gasteiger partial charge in [0.1, 0.15) is 12.2 Å². The second-order valence-corrected chi connectivity index (χ2v) is 13.8.